The van der Waals surface area contributed by atoms with Crippen LogP contribution in [0.25, 0.3) is 0 Å². The third-order valence-corrected chi connectivity index (χ3v) is 9.59. The summed E-state index contributed by atoms with van der Waals surface area (Å²) in [5, 5.41) is 27.0. The van der Waals surface area contributed by atoms with E-state index in [2.05, 4.69) is 31.0 Å². The Balaban J connectivity index is 1.23. The molecular formula is C19H14Cl4N6S4. The van der Waals surface area contributed by atoms with E-state index in [0.29, 0.717) is 48.5 Å². The highest BCUT2D eigenvalue weighted by Crippen LogP contribution is 2.35. The molecule has 4 rings (SSSR count). The topological polar surface area (TPSA) is 75.6 Å². The molecule has 0 bridgehead atoms. The number of nitrogens with one attached hydrogen (secondary N) is 2. The molecule has 2 heterocycles. The van der Waals surface area contributed by atoms with Crippen molar-refractivity contribution in [1.29, 1.82) is 0 Å². The zero-order chi connectivity index (χ0) is 23.2. The Morgan fingerprint density at radius 1 is 0.636 bits per heavy atom. The van der Waals surface area contributed by atoms with Crippen LogP contribution in [0.4, 0.5) is 10.3 Å². The first-order valence-corrected chi connectivity index (χ1v) is 14.4. The third kappa shape index (κ3) is 7.02. The molecule has 14 heteroatoms. The Labute approximate surface area is 226 Å². The lowest BCUT2D eigenvalue weighted by atomic mass is 10.2. The van der Waals surface area contributed by atoms with E-state index in [9.17, 15) is 0 Å². The SMILES string of the molecule is Clc1cccc(Cl)c1CSc1nnc(NCNc2nnc(SCc3c(Cl)cccc3Cl)s2)s1. The number of rotatable bonds is 10. The molecule has 0 saturated heterocycles. The maximum absolute atomic E-state index is 6.22. The number of thioether (sulfide) groups is 2. The van der Waals surface area contributed by atoms with Crippen LogP contribution in [0.2, 0.25) is 20.1 Å². The van der Waals surface area contributed by atoms with Gasteiger partial charge in [0.25, 0.3) is 0 Å². The Morgan fingerprint density at radius 2 is 1.03 bits per heavy atom. The van der Waals surface area contributed by atoms with Crippen molar-refractivity contribution in [1.82, 2.24) is 20.4 Å². The summed E-state index contributed by atoms with van der Waals surface area (Å²) < 4.78 is 1.64. The first kappa shape index (κ1) is 25.1. The van der Waals surface area contributed by atoms with Crippen LogP contribution >= 0.6 is 92.6 Å². The molecule has 0 atom stereocenters. The zero-order valence-corrected chi connectivity index (χ0v) is 22.8. The largest absolute Gasteiger partial charge is 0.343 e. The fourth-order valence-electron chi connectivity index (χ4n) is 2.48. The lowest BCUT2D eigenvalue weighted by Gasteiger charge is -2.04. The molecule has 0 radical (unpaired) electrons. The Hall–Kier alpha value is -0.980. The van der Waals surface area contributed by atoms with Crippen molar-refractivity contribution in [2.75, 3.05) is 17.3 Å². The number of aromatic nitrogens is 4. The minimum Gasteiger partial charge on any atom is -0.343 e. The van der Waals surface area contributed by atoms with Gasteiger partial charge in [-0.15, -0.1) is 20.4 Å². The van der Waals surface area contributed by atoms with Gasteiger partial charge >= 0.3 is 0 Å². The fourth-order valence-corrected chi connectivity index (χ4v) is 7.46. The maximum atomic E-state index is 6.22. The molecule has 0 amide bonds. The third-order valence-electron chi connectivity index (χ3n) is 4.10. The molecule has 0 aliphatic carbocycles. The second-order valence-electron chi connectivity index (χ2n) is 6.25. The first-order chi connectivity index (χ1) is 16.0. The normalized spacial score (nSPS) is 11.0. The van der Waals surface area contributed by atoms with Gasteiger partial charge in [-0.25, -0.2) is 0 Å². The van der Waals surface area contributed by atoms with Crippen molar-refractivity contribution in [2.24, 2.45) is 0 Å². The van der Waals surface area contributed by atoms with E-state index in [1.54, 1.807) is 0 Å². The highest BCUT2D eigenvalue weighted by atomic mass is 35.5. The van der Waals surface area contributed by atoms with Gasteiger partial charge in [0, 0.05) is 31.6 Å². The van der Waals surface area contributed by atoms with Gasteiger partial charge in [0.05, 0.1) is 6.67 Å². The summed E-state index contributed by atoms with van der Waals surface area (Å²) in [4.78, 5) is 0. The van der Waals surface area contributed by atoms with E-state index in [-0.39, 0.29) is 0 Å². The summed E-state index contributed by atoms with van der Waals surface area (Å²) >= 11 is 30.9. The van der Waals surface area contributed by atoms with Crippen molar-refractivity contribution < 1.29 is 0 Å². The van der Waals surface area contributed by atoms with Gasteiger partial charge in [0.2, 0.25) is 10.3 Å². The quantitative estimate of drug-likeness (QED) is 0.141. The van der Waals surface area contributed by atoms with Crippen LogP contribution in [0.5, 0.6) is 0 Å². The van der Waals surface area contributed by atoms with E-state index in [4.69, 9.17) is 46.4 Å². The molecule has 0 saturated carbocycles. The average molecular weight is 596 g/mol. The second kappa shape index (κ2) is 12.1. The van der Waals surface area contributed by atoms with Crippen molar-refractivity contribution in [3.8, 4) is 0 Å². The molecular weight excluding hydrogens is 582 g/mol. The number of hydrogen-bond acceptors (Lipinski definition) is 10. The summed E-state index contributed by atoms with van der Waals surface area (Å²) in [5.74, 6) is 1.24. The molecule has 2 aromatic heterocycles. The number of nitrogens with zero attached hydrogens (tertiary/aromatic N) is 4. The molecule has 2 aromatic carbocycles. The van der Waals surface area contributed by atoms with Crippen LogP contribution in [0.3, 0.4) is 0 Å². The average Bonchev–Trinajstić information content (AvgIpc) is 3.43. The molecule has 4 aromatic rings. The molecule has 172 valence electrons. The Kier molecular flexibility index (Phi) is 9.23. The van der Waals surface area contributed by atoms with Crippen molar-refractivity contribution >= 4 is 103 Å². The van der Waals surface area contributed by atoms with Gasteiger partial charge < -0.3 is 10.6 Å². The van der Waals surface area contributed by atoms with E-state index < -0.39 is 0 Å². The molecule has 0 unspecified atom stereocenters. The number of anilines is 2. The maximum Gasteiger partial charge on any atom is 0.207 e. The summed E-state index contributed by atoms with van der Waals surface area (Å²) in [6, 6.07) is 11.0. The van der Waals surface area contributed by atoms with Crippen LogP contribution in [0.1, 0.15) is 11.1 Å². The molecule has 0 aliphatic rings. The highest BCUT2D eigenvalue weighted by Gasteiger charge is 2.11. The lowest BCUT2D eigenvalue weighted by molar-refractivity contribution is 0.990. The fraction of sp³-hybridized carbons (Fsp3) is 0.158. The van der Waals surface area contributed by atoms with Crippen LogP contribution in [0, 0.1) is 0 Å². The summed E-state index contributed by atoms with van der Waals surface area (Å²) in [6.07, 6.45) is 0. The van der Waals surface area contributed by atoms with Crippen LogP contribution < -0.4 is 10.6 Å². The van der Waals surface area contributed by atoms with Crippen LogP contribution in [-0.4, -0.2) is 27.1 Å². The first-order valence-electron chi connectivity index (χ1n) is 9.25. The Bertz CT molecular complexity index is 1100. The predicted octanol–water partition coefficient (Wildman–Crippen LogP) is 8.07. The number of hydrogen-bond donors (Lipinski definition) is 2. The summed E-state index contributed by atoms with van der Waals surface area (Å²) in [6.45, 7) is 0.436. The minimum atomic E-state index is 0.436. The molecule has 6 nitrogen and oxygen atoms in total. The van der Waals surface area contributed by atoms with E-state index in [0.717, 1.165) is 19.8 Å². The molecule has 0 fully saturated rings. The van der Waals surface area contributed by atoms with Crippen LogP contribution in [-0.2, 0) is 11.5 Å². The van der Waals surface area contributed by atoms with Gasteiger partial charge in [0.15, 0.2) is 8.68 Å². The summed E-state index contributed by atoms with van der Waals surface area (Å²) in [5.41, 5.74) is 1.78. The standard InChI is InChI=1S/C19H14Cl4N6S4/c20-12-3-1-4-13(21)10(12)7-30-18-28-26-16(32-18)24-9-25-17-27-29-19(33-17)31-8-11-14(22)5-2-6-15(11)23/h1-6H,7-9H2,(H,24,26)(H,25,27). The van der Waals surface area contributed by atoms with Gasteiger partial charge in [-0.1, -0.05) is 105 Å². The molecule has 33 heavy (non-hydrogen) atoms. The molecule has 0 aliphatic heterocycles. The summed E-state index contributed by atoms with van der Waals surface area (Å²) in [7, 11) is 0. The number of halogens is 4. The zero-order valence-electron chi connectivity index (χ0n) is 16.5. The van der Waals surface area contributed by atoms with Gasteiger partial charge in [-0.3, -0.25) is 0 Å². The lowest BCUT2D eigenvalue weighted by Crippen LogP contribution is -2.11. The van der Waals surface area contributed by atoms with E-state index in [1.807, 2.05) is 36.4 Å². The second-order valence-corrected chi connectivity index (χ2v) is 12.3. The van der Waals surface area contributed by atoms with Crippen molar-refractivity contribution in [3.63, 3.8) is 0 Å². The molecule has 2 N–H and O–H groups in total. The number of benzene rings is 2. The Morgan fingerprint density at radius 3 is 1.42 bits per heavy atom. The van der Waals surface area contributed by atoms with Crippen molar-refractivity contribution in [2.45, 2.75) is 20.2 Å². The minimum absolute atomic E-state index is 0.436. The molecule has 0 spiro atoms. The monoisotopic (exact) mass is 594 g/mol. The van der Waals surface area contributed by atoms with Gasteiger partial charge in [0.1, 0.15) is 0 Å². The van der Waals surface area contributed by atoms with E-state index >= 15 is 0 Å². The highest BCUT2D eigenvalue weighted by molar-refractivity contribution is 8.00. The van der Waals surface area contributed by atoms with Crippen molar-refractivity contribution in [3.05, 3.63) is 67.6 Å². The smallest absolute Gasteiger partial charge is 0.207 e. The van der Waals surface area contributed by atoms with Gasteiger partial charge in [-0.05, 0) is 35.4 Å². The van der Waals surface area contributed by atoms with Crippen LogP contribution in [0.15, 0.2) is 45.1 Å². The van der Waals surface area contributed by atoms with Gasteiger partial charge in [-0.2, -0.15) is 0 Å². The predicted molar refractivity (Wildman–Crippen MR) is 144 cm³/mol. The van der Waals surface area contributed by atoms with E-state index in [1.165, 1.54) is 46.2 Å².